The third-order valence-corrected chi connectivity index (χ3v) is 13.5. The number of aliphatic hydroxyl groups is 1. The molecule has 19 nitrogen and oxygen atoms in total. The van der Waals surface area contributed by atoms with Gasteiger partial charge in [-0.2, -0.15) is 0 Å². The summed E-state index contributed by atoms with van der Waals surface area (Å²) < 4.78 is 0. The first-order valence-electron chi connectivity index (χ1n) is 23.9. The maximum atomic E-state index is 14.0. The number of H-pyrrole nitrogens is 2. The van der Waals surface area contributed by atoms with E-state index in [2.05, 4.69) is 37.7 Å². The molecule has 23 heteroatoms. The number of carbonyl (C=O) groups excluding carboxylic acids is 4. The largest absolute Gasteiger partial charge is 1.00 e. The SMILES string of the molecule is C=Cc1c2[nH]c(c1C)/C=C1\NC(/C=c3\[nH]/c(c(C)c3CCC(=O)NC(Cc3ccc([10B](O)O)cc3)C(=O)[O-])=C\C3=NC(=C\2)/C(C)(O)/C3=C\C=N\OCC)C(CC(=O)NC(Cc2ccc([10B](O)O)cc2)C(=O)[O-])=C1C.[Na+].[Na+]. The van der Waals surface area contributed by atoms with Crippen LogP contribution in [0.1, 0.15) is 78.4 Å². The average molecular weight is 1050 g/mol. The Labute approximate surface area is 484 Å². The molecule has 3 aliphatic heterocycles. The quantitative estimate of drug-likeness (QED) is 0.0238. The number of nitrogens with one attached hydrogen (secondary N) is 5. The summed E-state index contributed by atoms with van der Waals surface area (Å²) in [7, 11) is -3.43. The van der Waals surface area contributed by atoms with Gasteiger partial charge in [-0.05, 0) is 134 Å². The Morgan fingerprint density at radius 2 is 1.42 bits per heavy atom. The molecule has 2 aromatic heterocycles. The minimum absolute atomic E-state index is 0. The van der Waals surface area contributed by atoms with Crippen LogP contribution in [-0.4, -0.2) is 115 Å². The Morgan fingerprint density at radius 3 is 1.96 bits per heavy atom. The van der Waals surface area contributed by atoms with Gasteiger partial charge in [-0.3, -0.25) is 9.59 Å². The second-order valence-electron chi connectivity index (χ2n) is 18.4. The van der Waals surface area contributed by atoms with Crippen LogP contribution in [0, 0.1) is 13.8 Å². The molecule has 2 aromatic carbocycles. The number of amides is 2. The normalized spacial score (nSPS) is 20.1. The van der Waals surface area contributed by atoms with Crippen LogP contribution in [0.4, 0.5) is 0 Å². The van der Waals surface area contributed by atoms with E-state index in [1.165, 1.54) is 54.7 Å². The Balaban J connectivity index is 0.00000533. The molecule has 7 rings (SSSR count). The second-order valence-corrected chi connectivity index (χ2v) is 18.4. The molecule has 0 saturated heterocycles. The van der Waals surface area contributed by atoms with Crippen LogP contribution in [0.5, 0.6) is 0 Å². The van der Waals surface area contributed by atoms with E-state index in [9.17, 15) is 54.6 Å². The zero-order valence-corrected chi connectivity index (χ0v) is 47.5. The summed E-state index contributed by atoms with van der Waals surface area (Å²) in [6.07, 6.45) is 11.3. The van der Waals surface area contributed by atoms with Crippen molar-refractivity contribution in [3.05, 3.63) is 145 Å². The van der Waals surface area contributed by atoms with Gasteiger partial charge in [0.05, 0.1) is 54.1 Å². The maximum Gasteiger partial charge on any atom is 1.00 e. The van der Waals surface area contributed by atoms with Gasteiger partial charge in [-0.1, -0.05) is 66.3 Å². The molecule has 4 atom stereocenters. The molecule has 3 aliphatic rings. The first-order valence-corrected chi connectivity index (χ1v) is 23.9. The first-order chi connectivity index (χ1) is 35.2. The Bertz CT molecular complexity index is 3190. The molecule has 10 N–H and O–H groups in total. The predicted octanol–water partition coefficient (Wildman–Crippen LogP) is -8.35. The number of nitrogens with zero attached hydrogens (tertiary/aromatic N) is 2. The van der Waals surface area contributed by atoms with Crippen molar-refractivity contribution in [1.29, 1.82) is 0 Å². The number of hydrogen-bond acceptors (Lipinski definition) is 15. The van der Waals surface area contributed by atoms with Crippen molar-refractivity contribution in [3.8, 4) is 0 Å². The summed E-state index contributed by atoms with van der Waals surface area (Å²) in [4.78, 5) is 69.5. The number of fused-ring (bicyclic) bond motifs is 7. The molecule has 4 unspecified atom stereocenters. The minimum Gasteiger partial charge on any atom is -0.548 e. The van der Waals surface area contributed by atoms with Crippen LogP contribution in [0.3, 0.4) is 0 Å². The molecule has 2 amide bonds. The van der Waals surface area contributed by atoms with Gasteiger partial charge in [0.25, 0.3) is 0 Å². The Morgan fingerprint density at radius 1 is 0.842 bits per heavy atom. The topological polar surface area (TPSA) is 317 Å². The number of aliphatic imine (C=N–C) groups is 1. The zero-order valence-electron chi connectivity index (χ0n) is 43.5. The van der Waals surface area contributed by atoms with Crippen LogP contribution in [-0.2, 0) is 43.3 Å². The van der Waals surface area contributed by atoms with E-state index >= 15 is 0 Å². The molecule has 0 aliphatic carbocycles. The molecule has 76 heavy (non-hydrogen) atoms. The fourth-order valence-corrected chi connectivity index (χ4v) is 9.22. The molecule has 384 valence electrons. The summed E-state index contributed by atoms with van der Waals surface area (Å²) in [5.41, 5.74) is 6.94. The van der Waals surface area contributed by atoms with Crippen molar-refractivity contribution < 1.29 is 119 Å². The van der Waals surface area contributed by atoms with Crippen molar-refractivity contribution in [2.24, 2.45) is 10.1 Å². The number of allylic oxidation sites excluding steroid dienone is 2. The number of aromatic amines is 2. The monoisotopic (exact) mass is 1050 g/mol. The van der Waals surface area contributed by atoms with Gasteiger partial charge >= 0.3 is 73.4 Å². The van der Waals surface area contributed by atoms with Gasteiger partial charge in [-0.25, -0.2) is 4.99 Å². The Hall–Kier alpha value is -5.81. The summed E-state index contributed by atoms with van der Waals surface area (Å²) >= 11 is 0. The van der Waals surface area contributed by atoms with Crippen molar-refractivity contribution in [2.75, 3.05) is 6.61 Å². The van der Waals surface area contributed by atoms with E-state index < -0.39 is 61.7 Å². The fourth-order valence-electron chi connectivity index (χ4n) is 9.22. The number of benzene rings is 2. The summed E-state index contributed by atoms with van der Waals surface area (Å²) in [6, 6.07) is 8.31. The van der Waals surface area contributed by atoms with Gasteiger partial charge < -0.3 is 75.8 Å². The molecule has 0 spiro atoms. The van der Waals surface area contributed by atoms with Crippen LogP contribution < -0.4 is 107 Å². The van der Waals surface area contributed by atoms with Crippen LogP contribution in [0.25, 0.3) is 30.4 Å². The van der Waals surface area contributed by atoms with Crippen molar-refractivity contribution in [1.82, 2.24) is 25.9 Å². The predicted molar refractivity (Wildman–Crippen MR) is 278 cm³/mol. The van der Waals surface area contributed by atoms with Gasteiger partial charge in [-0.15, -0.1) is 0 Å². The molecule has 0 fully saturated rings. The standard InChI is InChI=1S/C53H59B2N7O12.2Na/c1-7-35-28(3)39-24-40-30(5)37(23-50(64)62-47(52(67)68)22-32-11-15-34(16-12-32)55(72)73)43(58-40)26-42-36(17-18-49(63)61-46(51(65)66)21-31-9-13-33(14-10-31)54(70)71)29(4)41(57-42)25-45-38(19-20-56-74-8-2)53(6,69)48(60-45)27-44(35)59-39;;/h7,9-16,19-20,24-27,43,46-47,57-59,69-73H,1,8,17-18,21-23H2,2-6H3,(H,61,63)(H,62,64)(H,65,66)(H,67,68);;/q;2*+1/p-2/b38-19-,40-24-,41-25-,42-26-,48-27-,56-20+;;/i54-1,55-1;;. The van der Waals surface area contributed by atoms with Gasteiger partial charge in [0.15, 0.2) is 0 Å². The number of aliphatic carboxylic acids is 2. The summed E-state index contributed by atoms with van der Waals surface area (Å²) in [6.45, 7) is 13.4. The minimum atomic E-state index is -1.72. The van der Waals surface area contributed by atoms with Gasteiger partial charge in [0.1, 0.15) is 12.2 Å². The van der Waals surface area contributed by atoms with Crippen LogP contribution >= 0.6 is 0 Å². The van der Waals surface area contributed by atoms with Crippen molar-refractivity contribution >= 4 is 91.2 Å². The van der Waals surface area contributed by atoms with Crippen LogP contribution in [0.15, 0.2) is 99.4 Å². The number of rotatable bonds is 19. The van der Waals surface area contributed by atoms with Gasteiger partial charge in [0.2, 0.25) is 11.8 Å². The third kappa shape index (κ3) is 14.2. The number of carboxylic acid groups (broad SMARTS) is 2. The number of carboxylic acids is 2. The Kier molecular flexibility index (Phi) is 21.3. The van der Waals surface area contributed by atoms with Gasteiger partial charge in [0, 0.05) is 45.3 Å². The smallest absolute Gasteiger partial charge is 0.548 e. The number of oxime groups is 1. The molecule has 4 aromatic rings. The zero-order chi connectivity index (χ0) is 53.6. The summed E-state index contributed by atoms with van der Waals surface area (Å²) in [5, 5.41) is 88.8. The maximum absolute atomic E-state index is 14.0. The van der Waals surface area contributed by atoms with E-state index in [4.69, 9.17) is 9.83 Å². The average Bonchev–Trinajstić information content (AvgIpc) is 3.99. The van der Waals surface area contributed by atoms with Crippen LogP contribution in [0.2, 0.25) is 0 Å². The molecule has 8 bridgehead atoms. The molecule has 5 heterocycles. The number of aromatic nitrogens is 2. The van der Waals surface area contributed by atoms with E-state index in [1.807, 2.05) is 32.9 Å². The second kappa shape index (κ2) is 26.5. The van der Waals surface area contributed by atoms with E-state index in [1.54, 1.807) is 38.2 Å². The molecular weight excluding hydrogens is 993 g/mol. The van der Waals surface area contributed by atoms with E-state index in [0.29, 0.717) is 84.8 Å². The molecule has 0 saturated carbocycles. The molecule has 0 radical (unpaired) electrons. The van der Waals surface area contributed by atoms with E-state index in [-0.39, 0.29) is 102 Å². The fraction of sp³-hybridized carbons (Fsp3) is 0.283. The van der Waals surface area contributed by atoms with E-state index in [0.717, 1.165) is 11.1 Å². The third-order valence-electron chi connectivity index (χ3n) is 13.5. The number of hydrogen-bond donors (Lipinski definition) is 10. The summed E-state index contributed by atoms with van der Waals surface area (Å²) in [5.74, 6) is -4.25. The first kappa shape index (κ1) is 61.0. The molecular formula is C53H57B2N7Na2O12. The number of carbonyl (C=O) groups is 4. The van der Waals surface area contributed by atoms with Crippen molar-refractivity contribution in [3.63, 3.8) is 0 Å². The van der Waals surface area contributed by atoms with Crippen molar-refractivity contribution in [2.45, 2.75) is 90.4 Å².